The summed E-state index contributed by atoms with van der Waals surface area (Å²) in [6.45, 7) is 0.546. The first-order valence-corrected chi connectivity index (χ1v) is 5.67. The average molecular weight is 263 g/mol. The van der Waals surface area contributed by atoms with Gasteiger partial charge in [0, 0.05) is 12.5 Å². The Bertz CT molecular complexity index is 569. The van der Waals surface area contributed by atoms with Crippen LogP contribution in [0.2, 0.25) is 0 Å². The van der Waals surface area contributed by atoms with E-state index in [0.29, 0.717) is 24.6 Å². The van der Waals surface area contributed by atoms with Gasteiger partial charge in [-0.2, -0.15) is 5.10 Å². The summed E-state index contributed by atoms with van der Waals surface area (Å²) in [6, 6.07) is 6.17. The molecule has 3 N–H and O–H groups in total. The second-order valence-electron chi connectivity index (χ2n) is 3.75. The molecule has 0 aliphatic carbocycles. The van der Waals surface area contributed by atoms with Crippen LogP contribution in [0.5, 0.6) is 5.75 Å². The maximum atomic E-state index is 10.8. The van der Waals surface area contributed by atoms with E-state index in [9.17, 15) is 10.1 Å². The number of nitro groups is 1. The minimum atomic E-state index is -0.491. The molecule has 0 amide bonds. The summed E-state index contributed by atoms with van der Waals surface area (Å²) in [4.78, 5) is 14.5. The Hall–Kier alpha value is -2.48. The molecule has 0 saturated heterocycles. The molecule has 0 spiro atoms. The molecule has 19 heavy (non-hydrogen) atoms. The summed E-state index contributed by atoms with van der Waals surface area (Å²) in [7, 11) is 0. The molecule has 1 aromatic heterocycles. The molecule has 2 rings (SSSR count). The number of nitrogens with zero attached hydrogens (tertiary/aromatic N) is 3. The molecule has 0 unspecified atom stereocenters. The third-order valence-corrected chi connectivity index (χ3v) is 2.37. The topological polar surface area (TPSA) is 120 Å². The van der Waals surface area contributed by atoms with Gasteiger partial charge in [-0.1, -0.05) is 12.1 Å². The minimum absolute atomic E-state index is 0.0794. The minimum Gasteiger partial charge on any atom is -0.479 e. The van der Waals surface area contributed by atoms with Crippen molar-refractivity contribution in [3.8, 4) is 5.75 Å². The van der Waals surface area contributed by atoms with Crippen molar-refractivity contribution in [2.24, 2.45) is 5.73 Å². The third-order valence-electron chi connectivity index (χ3n) is 2.37. The average Bonchev–Trinajstić information content (AvgIpc) is 2.85. The molecule has 8 heteroatoms. The number of rotatable bonds is 6. The van der Waals surface area contributed by atoms with Gasteiger partial charge in [0.1, 0.15) is 6.61 Å². The molecule has 0 fully saturated rings. The predicted molar refractivity (Wildman–Crippen MR) is 66.6 cm³/mol. The van der Waals surface area contributed by atoms with Crippen molar-refractivity contribution in [1.29, 1.82) is 0 Å². The van der Waals surface area contributed by atoms with Crippen molar-refractivity contribution in [2.45, 2.75) is 13.0 Å². The highest BCUT2D eigenvalue weighted by molar-refractivity contribution is 5.45. The van der Waals surface area contributed by atoms with E-state index in [-0.39, 0.29) is 18.0 Å². The number of hydrogen-bond acceptors (Lipinski definition) is 6. The van der Waals surface area contributed by atoms with Gasteiger partial charge < -0.3 is 10.5 Å². The lowest BCUT2D eigenvalue weighted by Crippen LogP contribution is -2.04. The standard InChI is InChI=1S/C11H13N5O3/c12-6-5-10-13-11(15-14-10)7-19-9-4-2-1-3-8(9)16(17)18/h1-4H,5-7,12H2,(H,13,14,15). The van der Waals surface area contributed by atoms with Crippen LogP contribution in [-0.4, -0.2) is 26.6 Å². The number of aromatic nitrogens is 3. The van der Waals surface area contributed by atoms with E-state index in [1.54, 1.807) is 12.1 Å². The van der Waals surface area contributed by atoms with Crippen molar-refractivity contribution >= 4 is 5.69 Å². The van der Waals surface area contributed by atoms with E-state index in [1.165, 1.54) is 12.1 Å². The molecule has 0 bridgehead atoms. The van der Waals surface area contributed by atoms with Gasteiger partial charge in [0.15, 0.2) is 17.4 Å². The number of nitro benzene ring substituents is 1. The number of nitrogens with two attached hydrogens (primary N) is 1. The lowest BCUT2D eigenvalue weighted by Gasteiger charge is -2.03. The maximum absolute atomic E-state index is 10.8. The number of H-pyrrole nitrogens is 1. The van der Waals surface area contributed by atoms with E-state index in [0.717, 1.165) is 0 Å². The molecule has 2 aromatic rings. The van der Waals surface area contributed by atoms with Crippen molar-refractivity contribution in [1.82, 2.24) is 15.2 Å². The summed E-state index contributed by atoms with van der Waals surface area (Å²) in [5, 5.41) is 17.4. The van der Waals surface area contributed by atoms with Gasteiger partial charge in [0.05, 0.1) is 4.92 Å². The fraction of sp³-hybridized carbons (Fsp3) is 0.273. The van der Waals surface area contributed by atoms with Gasteiger partial charge in [-0.3, -0.25) is 15.2 Å². The van der Waals surface area contributed by atoms with Crippen molar-refractivity contribution in [3.05, 3.63) is 46.0 Å². The molecular weight excluding hydrogens is 250 g/mol. The smallest absolute Gasteiger partial charge is 0.310 e. The Morgan fingerprint density at radius 3 is 2.95 bits per heavy atom. The number of benzene rings is 1. The molecule has 0 atom stereocenters. The zero-order valence-electron chi connectivity index (χ0n) is 10.1. The van der Waals surface area contributed by atoms with E-state index >= 15 is 0 Å². The van der Waals surface area contributed by atoms with Crippen LogP contribution in [0.3, 0.4) is 0 Å². The molecule has 1 aromatic carbocycles. The largest absolute Gasteiger partial charge is 0.479 e. The van der Waals surface area contributed by atoms with Crippen LogP contribution < -0.4 is 10.5 Å². The van der Waals surface area contributed by atoms with Crippen LogP contribution in [0.15, 0.2) is 24.3 Å². The summed E-state index contributed by atoms with van der Waals surface area (Å²) >= 11 is 0. The van der Waals surface area contributed by atoms with E-state index in [4.69, 9.17) is 10.5 Å². The van der Waals surface area contributed by atoms with Crippen molar-refractivity contribution in [3.63, 3.8) is 0 Å². The van der Waals surface area contributed by atoms with Crippen LogP contribution in [-0.2, 0) is 13.0 Å². The monoisotopic (exact) mass is 263 g/mol. The van der Waals surface area contributed by atoms with Gasteiger partial charge >= 0.3 is 5.69 Å². The van der Waals surface area contributed by atoms with Gasteiger partial charge in [-0.25, -0.2) is 4.98 Å². The lowest BCUT2D eigenvalue weighted by molar-refractivity contribution is -0.385. The summed E-state index contributed by atoms with van der Waals surface area (Å²) in [6.07, 6.45) is 0.571. The first-order valence-electron chi connectivity index (χ1n) is 5.67. The van der Waals surface area contributed by atoms with Crippen LogP contribution in [0.1, 0.15) is 11.6 Å². The van der Waals surface area contributed by atoms with E-state index < -0.39 is 4.92 Å². The number of aromatic amines is 1. The second-order valence-corrected chi connectivity index (χ2v) is 3.75. The Morgan fingerprint density at radius 1 is 1.42 bits per heavy atom. The van der Waals surface area contributed by atoms with Gasteiger partial charge in [-0.15, -0.1) is 0 Å². The van der Waals surface area contributed by atoms with Gasteiger partial charge in [0.2, 0.25) is 0 Å². The summed E-state index contributed by atoms with van der Waals surface area (Å²) in [5.74, 6) is 1.30. The second kappa shape index (κ2) is 5.91. The first kappa shape index (κ1) is 13.0. The third kappa shape index (κ3) is 3.26. The molecule has 0 aliphatic rings. The highest BCUT2D eigenvalue weighted by atomic mass is 16.6. The molecule has 0 saturated carbocycles. The molecule has 0 aliphatic heterocycles. The summed E-state index contributed by atoms with van der Waals surface area (Å²) < 4.78 is 5.37. The molecular formula is C11H13N5O3. The van der Waals surface area contributed by atoms with Crippen molar-refractivity contribution < 1.29 is 9.66 Å². The SMILES string of the molecule is NCCc1n[nH]c(COc2ccccc2[N+](=O)[O-])n1. The highest BCUT2D eigenvalue weighted by Gasteiger charge is 2.14. The molecule has 100 valence electrons. The molecule has 1 heterocycles. The number of ether oxygens (including phenoxy) is 1. The van der Waals surface area contributed by atoms with Crippen LogP contribution in [0.25, 0.3) is 0 Å². The number of nitrogens with one attached hydrogen (secondary N) is 1. The fourth-order valence-corrected chi connectivity index (χ4v) is 1.52. The van der Waals surface area contributed by atoms with E-state index in [1.807, 2.05) is 0 Å². The normalized spacial score (nSPS) is 10.4. The zero-order valence-corrected chi connectivity index (χ0v) is 10.1. The maximum Gasteiger partial charge on any atom is 0.310 e. The molecule has 0 radical (unpaired) electrons. The number of hydrogen-bond donors (Lipinski definition) is 2. The highest BCUT2D eigenvalue weighted by Crippen LogP contribution is 2.26. The first-order chi connectivity index (χ1) is 9.20. The fourth-order valence-electron chi connectivity index (χ4n) is 1.52. The Kier molecular flexibility index (Phi) is 4.04. The zero-order chi connectivity index (χ0) is 13.7. The Balaban J connectivity index is 2.03. The number of para-hydroxylation sites is 2. The Morgan fingerprint density at radius 2 is 2.21 bits per heavy atom. The van der Waals surface area contributed by atoms with Gasteiger partial charge in [-0.05, 0) is 12.6 Å². The Labute approximate surface area is 108 Å². The summed E-state index contributed by atoms with van der Waals surface area (Å²) in [5.41, 5.74) is 5.31. The van der Waals surface area contributed by atoms with Crippen LogP contribution >= 0.6 is 0 Å². The van der Waals surface area contributed by atoms with Crippen LogP contribution in [0, 0.1) is 10.1 Å². The predicted octanol–water partition coefficient (Wildman–Crippen LogP) is 0.793. The van der Waals surface area contributed by atoms with Crippen molar-refractivity contribution in [2.75, 3.05) is 6.54 Å². The quantitative estimate of drug-likeness (QED) is 0.587. The van der Waals surface area contributed by atoms with Gasteiger partial charge in [0.25, 0.3) is 0 Å². The molecule has 8 nitrogen and oxygen atoms in total. The van der Waals surface area contributed by atoms with Crippen LogP contribution in [0.4, 0.5) is 5.69 Å². The van der Waals surface area contributed by atoms with E-state index in [2.05, 4.69) is 15.2 Å². The lowest BCUT2D eigenvalue weighted by atomic mass is 10.3.